The average Bonchev–Trinajstić information content (AvgIpc) is 2.46. The van der Waals surface area contributed by atoms with E-state index in [2.05, 4.69) is 18.7 Å². The van der Waals surface area contributed by atoms with Crippen molar-refractivity contribution in [3.63, 3.8) is 0 Å². The standard InChI is InChI=1S/C17H27NO3/c1-13-10-14(2)12-18(11-13)8-9-21-17-15(19-3)6-5-7-16(17)20-4/h5-7,13-14H,8-12H2,1-4H3. The number of para-hydroxylation sites is 1. The van der Waals surface area contributed by atoms with E-state index in [0.717, 1.165) is 43.0 Å². The van der Waals surface area contributed by atoms with Gasteiger partial charge in [0, 0.05) is 19.6 Å². The van der Waals surface area contributed by atoms with E-state index in [1.54, 1.807) is 14.2 Å². The van der Waals surface area contributed by atoms with Crippen LogP contribution in [0.15, 0.2) is 18.2 Å². The lowest BCUT2D eigenvalue weighted by Gasteiger charge is -2.34. The van der Waals surface area contributed by atoms with Gasteiger partial charge in [-0.3, -0.25) is 4.90 Å². The molecule has 0 bridgehead atoms. The second kappa shape index (κ2) is 7.55. The van der Waals surface area contributed by atoms with E-state index >= 15 is 0 Å². The van der Waals surface area contributed by atoms with Gasteiger partial charge in [0.2, 0.25) is 5.75 Å². The first-order chi connectivity index (χ1) is 10.1. The summed E-state index contributed by atoms with van der Waals surface area (Å²) < 4.78 is 16.6. The zero-order valence-corrected chi connectivity index (χ0v) is 13.6. The van der Waals surface area contributed by atoms with Crippen LogP contribution in [0.3, 0.4) is 0 Å². The van der Waals surface area contributed by atoms with Crippen LogP contribution in [0.25, 0.3) is 0 Å². The second-order valence-electron chi connectivity index (χ2n) is 6.05. The van der Waals surface area contributed by atoms with Gasteiger partial charge in [-0.2, -0.15) is 0 Å². The van der Waals surface area contributed by atoms with Crippen LogP contribution in [0.4, 0.5) is 0 Å². The maximum absolute atomic E-state index is 5.93. The van der Waals surface area contributed by atoms with Crippen LogP contribution in [0.2, 0.25) is 0 Å². The number of likely N-dealkylation sites (tertiary alicyclic amines) is 1. The van der Waals surface area contributed by atoms with Crippen molar-refractivity contribution in [1.29, 1.82) is 0 Å². The van der Waals surface area contributed by atoms with E-state index in [1.165, 1.54) is 6.42 Å². The first-order valence-electron chi connectivity index (χ1n) is 7.70. The molecule has 1 aromatic carbocycles. The summed E-state index contributed by atoms with van der Waals surface area (Å²) in [6.07, 6.45) is 1.33. The predicted octanol–water partition coefficient (Wildman–Crippen LogP) is 3.06. The Labute approximate surface area is 128 Å². The minimum atomic E-state index is 0.649. The molecule has 118 valence electrons. The Morgan fingerprint density at radius 1 is 1.05 bits per heavy atom. The molecular weight excluding hydrogens is 266 g/mol. The Bertz CT molecular complexity index is 417. The van der Waals surface area contributed by atoms with Crippen molar-refractivity contribution in [3.8, 4) is 17.2 Å². The molecule has 0 amide bonds. The van der Waals surface area contributed by atoms with Crippen LogP contribution in [0.5, 0.6) is 17.2 Å². The molecule has 0 radical (unpaired) electrons. The van der Waals surface area contributed by atoms with E-state index in [-0.39, 0.29) is 0 Å². The highest BCUT2D eigenvalue weighted by molar-refractivity contribution is 5.51. The van der Waals surface area contributed by atoms with Gasteiger partial charge in [-0.15, -0.1) is 0 Å². The lowest BCUT2D eigenvalue weighted by molar-refractivity contribution is 0.119. The highest BCUT2D eigenvalue weighted by Crippen LogP contribution is 2.36. The molecule has 0 saturated carbocycles. The second-order valence-corrected chi connectivity index (χ2v) is 6.05. The molecule has 1 aliphatic heterocycles. The molecule has 21 heavy (non-hydrogen) atoms. The van der Waals surface area contributed by atoms with Gasteiger partial charge in [-0.1, -0.05) is 19.9 Å². The van der Waals surface area contributed by atoms with E-state index in [1.807, 2.05) is 18.2 Å². The monoisotopic (exact) mass is 293 g/mol. The third kappa shape index (κ3) is 4.27. The molecule has 1 heterocycles. The summed E-state index contributed by atoms with van der Waals surface area (Å²) in [6.45, 7) is 8.57. The lowest BCUT2D eigenvalue weighted by Crippen LogP contribution is -2.40. The number of benzene rings is 1. The third-order valence-corrected chi connectivity index (χ3v) is 3.98. The van der Waals surface area contributed by atoms with Gasteiger partial charge in [0.1, 0.15) is 6.61 Å². The van der Waals surface area contributed by atoms with Gasteiger partial charge < -0.3 is 14.2 Å². The normalized spacial score (nSPS) is 22.9. The topological polar surface area (TPSA) is 30.9 Å². The fraction of sp³-hybridized carbons (Fsp3) is 0.647. The Kier molecular flexibility index (Phi) is 5.74. The molecule has 1 saturated heterocycles. The number of nitrogens with zero attached hydrogens (tertiary/aromatic N) is 1. The summed E-state index contributed by atoms with van der Waals surface area (Å²) >= 11 is 0. The Morgan fingerprint density at radius 3 is 2.14 bits per heavy atom. The zero-order chi connectivity index (χ0) is 15.2. The first kappa shape index (κ1) is 16.0. The minimum absolute atomic E-state index is 0.649. The zero-order valence-electron chi connectivity index (χ0n) is 13.6. The van der Waals surface area contributed by atoms with Crippen molar-refractivity contribution >= 4 is 0 Å². The molecule has 0 N–H and O–H groups in total. The molecule has 1 aromatic rings. The summed E-state index contributed by atoms with van der Waals surface area (Å²) in [5, 5.41) is 0. The van der Waals surface area contributed by atoms with Crippen molar-refractivity contribution < 1.29 is 14.2 Å². The summed E-state index contributed by atoms with van der Waals surface area (Å²) in [6, 6.07) is 5.68. The molecule has 0 spiro atoms. The lowest BCUT2D eigenvalue weighted by atomic mass is 9.92. The van der Waals surface area contributed by atoms with E-state index < -0.39 is 0 Å². The maximum atomic E-state index is 5.93. The first-order valence-corrected chi connectivity index (χ1v) is 7.70. The number of rotatable bonds is 6. The molecule has 4 heteroatoms. The molecule has 0 aromatic heterocycles. The van der Waals surface area contributed by atoms with Crippen molar-refractivity contribution in [2.45, 2.75) is 20.3 Å². The van der Waals surface area contributed by atoms with Crippen molar-refractivity contribution in [2.24, 2.45) is 11.8 Å². The van der Waals surface area contributed by atoms with Crippen LogP contribution in [-0.4, -0.2) is 45.4 Å². The van der Waals surface area contributed by atoms with Crippen molar-refractivity contribution in [3.05, 3.63) is 18.2 Å². The molecular formula is C17H27NO3. The highest BCUT2D eigenvalue weighted by Gasteiger charge is 2.21. The number of piperidine rings is 1. The molecule has 2 atom stereocenters. The summed E-state index contributed by atoms with van der Waals surface area (Å²) in [5.74, 6) is 3.68. The number of methoxy groups -OCH3 is 2. The summed E-state index contributed by atoms with van der Waals surface area (Å²) in [5.41, 5.74) is 0. The molecule has 4 nitrogen and oxygen atoms in total. The molecule has 2 rings (SSSR count). The molecule has 1 aliphatic rings. The summed E-state index contributed by atoms with van der Waals surface area (Å²) in [7, 11) is 3.30. The molecule has 0 aliphatic carbocycles. The third-order valence-electron chi connectivity index (χ3n) is 3.98. The van der Waals surface area contributed by atoms with Crippen molar-refractivity contribution in [2.75, 3.05) is 40.5 Å². The van der Waals surface area contributed by atoms with Crippen LogP contribution in [0.1, 0.15) is 20.3 Å². The maximum Gasteiger partial charge on any atom is 0.203 e. The van der Waals surface area contributed by atoms with Gasteiger partial charge in [-0.05, 0) is 30.4 Å². The number of hydrogen-bond donors (Lipinski definition) is 0. The van der Waals surface area contributed by atoms with E-state index in [0.29, 0.717) is 12.4 Å². The van der Waals surface area contributed by atoms with Gasteiger partial charge in [0.15, 0.2) is 11.5 Å². The number of hydrogen-bond acceptors (Lipinski definition) is 4. The fourth-order valence-corrected chi connectivity index (χ4v) is 3.21. The van der Waals surface area contributed by atoms with Gasteiger partial charge in [-0.25, -0.2) is 0 Å². The minimum Gasteiger partial charge on any atom is -0.493 e. The molecule has 2 unspecified atom stereocenters. The van der Waals surface area contributed by atoms with Crippen LogP contribution >= 0.6 is 0 Å². The Balaban J connectivity index is 1.91. The molecule has 1 fully saturated rings. The van der Waals surface area contributed by atoms with E-state index in [4.69, 9.17) is 14.2 Å². The average molecular weight is 293 g/mol. The quantitative estimate of drug-likeness (QED) is 0.806. The Morgan fingerprint density at radius 2 is 1.62 bits per heavy atom. The predicted molar refractivity (Wildman–Crippen MR) is 84.4 cm³/mol. The number of ether oxygens (including phenoxy) is 3. The van der Waals surface area contributed by atoms with E-state index in [9.17, 15) is 0 Å². The smallest absolute Gasteiger partial charge is 0.203 e. The van der Waals surface area contributed by atoms with Crippen LogP contribution in [-0.2, 0) is 0 Å². The summed E-state index contributed by atoms with van der Waals surface area (Å²) in [4.78, 5) is 2.49. The van der Waals surface area contributed by atoms with Crippen molar-refractivity contribution in [1.82, 2.24) is 4.90 Å². The van der Waals surface area contributed by atoms with Crippen LogP contribution in [0, 0.1) is 11.8 Å². The Hall–Kier alpha value is -1.42. The fourth-order valence-electron chi connectivity index (χ4n) is 3.21. The SMILES string of the molecule is COc1cccc(OC)c1OCCN1CC(C)CC(C)C1. The van der Waals surface area contributed by atoms with Crippen LogP contribution < -0.4 is 14.2 Å². The van der Waals surface area contributed by atoms with Gasteiger partial charge >= 0.3 is 0 Å². The van der Waals surface area contributed by atoms with Gasteiger partial charge in [0.05, 0.1) is 14.2 Å². The highest BCUT2D eigenvalue weighted by atomic mass is 16.5. The largest absolute Gasteiger partial charge is 0.493 e. The van der Waals surface area contributed by atoms with Gasteiger partial charge in [0.25, 0.3) is 0 Å².